The van der Waals surface area contributed by atoms with E-state index < -0.39 is 35.2 Å². The van der Waals surface area contributed by atoms with Crippen LogP contribution in [0.1, 0.15) is 59.9 Å². The van der Waals surface area contributed by atoms with E-state index in [1.165, 1.54) is 0 Å². The second kappa shape index (κ2) is 11.7. The molecule has 8 nitrogen and oxygen atoms in total. The Morgan fingerprint density at radius 1 is 1.06 bits per heavy atom. The fourth-order valence-corrected chi connectivity index (χ4v) is 3.97. The first kappa shape index (κ1) is 27.6. The smallest absolute Gasteiger partial charge is 0.408 e. The maximum Gasteiger partial charge on any atom is 0.408 e. The number of amides is 2. The molecule has 0 saturated carbocycles. The summed E-state index contributed by atoms with van der Waals surface area (Å²) >= 11 is 0. The van der Waals surface area contributed by atoms with Crippen LogP contribution >= 0.6 is 0 Å². The molecule has 0 aliphatic carbocycles. The summed E-state index contributed by atoms with van der Waals surface area (Å²) in [7, 11) is 1.72. The molecule has 190 valence electrons. The molecule has 2 rings (SSSR count). The number of nitrogens with one attached hydrogen (secondary N) is 1. The number of alkyl carbamates (subject to hydrolysis) is 1. The number of likely N-dealkylation sites (N-methyl/N-ethyl adjacent to an activating group) is 1. The van der Waals surface area contributed by atoms with Gasteiger partial charge >= 0.3 is 12.1 Å². The van der Waals surface area contributed by atoms with Gasteiger partial charge in [0, 0.05) is 13.7 Å². The Morgan fingerprint density at radius 2 is 1.68 bits per heavy atom. The number of ether oxygens (including phenoxy) is 3. The first-order valence-electron chi connectivity index (χ1n) is 11.8. The number of carbonyl (C=O) groups is 3. The van der Waals surface area contributed by atoms with Crippen molar-refractivity contribution in [2.45, 2.75) is 84.1 Å². The molecule has 2 amide bonds. The van der Waals surface area contributed by atoms with E-state index in [2.05, 4.69) is 5.32 Å². The summed E-state index contributed by atoms with van der Waals surface area (Å²) in [4.78, 5) is 40.3. The second-order valence-electron chi connectivity index (χ2n) is 10.8. The predicted molar refractivity (Wildman–Crippen MR) is 129 cm³/mol. The molecule has 34 heavy (non-hydrogen) atoms. The molecule has 3 atom stereocenters. The van der Waals surface area contributed by atoms with Gasteiger partial charge in [0.15, 0.2) is 0 Å². The van der Waals surface area contributed by atoms with Crippen molar-refractivity contribution in [3.8, 4) is 0 Å². The molecule has 1 aromatic rings. The molecule has 1 aliphatic heterocycles. The van der Waals surface area contributed by atoms with Crippen LogP contribution < -0.4 is 5.32 Å². The Balaban J connectivity index is 2.18. The highest BCUT2D eigenvalue weighted by Crippen LogP contribution is 2.22. The number of esters is 1. The van der Waals surface area contributed by atoms with Gasteiger partial charge < -0.3 is 24.4 Å². The lowest BCUT2D eigenvalue weighted by molar-refractivity contribution is -0.159. The van der Waals surface area contributed by atoms with Gasteiger partial charge in [-0.3, -0.25) is 9.59 Å². The van der Waals surface area contributed by atoms with Gasteiger partial charge in [0.2, 0.25) is 5.91 Å². The van der Waals surface area contributed by atoms with Gasteiger partial charge in [0.05, 0.1) is 31.0 Å². The Hall–Kier alpha value is -2.61. The minimum Gasteiger partial charge on any atom is -0.460 e. The summed E-state index contributed by atoms with van der Waals surface area (Å²) in [5.41, 5.74) is -0.300. The third-order valence-corrected chi connectivity index (χ3v) is 5.37. The molecular formula is C26H40N2O6. The quantitative estimate of drug-likeness (QED) is 0.603. The van der Waals surface area contributed by atoms with E-state index in [4.69, 9.17) is 14.2 Å². The van der Waals surface area contributed by atoms with Crippen molar-refractivity contribution in [2.75, 3.05) is 20.3 Å². The first-order chi connectivity index (χ1) is 15.7. The summed E-state index contributed by atoms with van der Waals surface area (Å²) in [6, 6.07) is 8.91. The zero-order valence-electron chi connectivity index (χ0n) is 21.6. The minimum absolute atomic E-state index is 0.0251. The highest BCUT2D eigenvalue weighted by atomic mass is 16.6. The van der Waals surface area contributed by atoms with Crippen molar-refractivity contribution in [1.82, 2.24) is 10.2 Å². The normalized spacial score (nSPS) is 19.6. The maximum atomic E-state index is 13.6. The molecule has 1 aliphatic rings. The van der Waals surface area contributed by atoms with Crippen LogP contribution in [0.2, 0.25) is 0 Å². The van der Waals surface area contributed by atoms with E-state index in [0.29, 0.717) is 19.4 Å². The summed E-state index contributed by atoms with van der Waals surface area (Å²) in [6.07, 6.45) is 0.399. The van der Waals surface area contributed by atoms with Crippen LogP contribution in [0.3, 0.4) is 0 Å². The molecule has 0 radical (unpaired) electrons. The molecule has 2 unspecified atom stereocenters. The molecule has 1 aromatic carbocycles. The summed E-state index contributed by atoms with van der Waals surface area (Å²) in [5, 5.41) is 2.85. The standard InChI is InChI=1S/C26H40N2O6/c1-25(2,3)33-22(29)16-19(15-18-11-9-8-10-12-18)23(30)28(7)21-13-14-32-17-20(21)27-24(31)34-26(4,5)6/h8-12,19-21H,13-17H2,1-7H3,(H,27,31)/t19-,20?,21?/m1/s1. The zero-order valence-corrected chi connectivity index (χ0v) is 21.6. The van der Waals surface area contributed by atoms with Gasteiger partial charge in [-0.15, -0.1) is 0 Å². The minimum atomic E-state index is -0.634. The molecule has 1 saturated heterocycles. The van der Waals surface area contributed by atoms with E-state index >= 15 is 0 Å². The molecule has 0 bridgehead atoms. The van der Waals surface area contributed by atoms with Crippen molar-refractivity contribution >= 4 is 18.0 Å². The van der Waals surface area contributed by atoms with Gasteiger partial charge in [-0.25, -0.2) is 4.79 Å². The first-order valence-corrected chi connectivity index (χ1v) is 11.8. The third-order valence-electron chi connectivity index (χ3n) is 5.37. The van der Waals surface area contributed by atoms with Crippen LogP contribution in [0.5, 0.6) is 0 Å². The van der Waals surface area contributed by atoms with E-state index in [-0.39, 0.29) is 25.0 Å². The Morgan fingerprint density at radius 3 is 2.26 bits per heavy atom. The van der Waals surface area contributed by atoms with E-state index in [1.807, 2.05) is 30.3 Å². The number of hydrogen-bond acceptors (Lipinski definition) is 6. The predicted octanol–water partition coefficient (Wildman–Crippen LogP) is 3.72. The summed E-state index contributed by atoms with van der Waals surface area (Å²) in [5.74, 6) is -1.17. The van der Waals surface area contributed by atoms with Crippen LogP contribution in [0.15, 0.2) is 30.3 Å². The van der Waals surface area contributed by atoms with Crippen LogP contribution in [0.4, 0.5) is 4.79 Å². The van der Waals surface area contributed by atoms with Crippen molar-refractivity contribution in [3.05, 3.63) is 35.9 Å². The fourth-order valence-electron chi connectivity index (χ4n) is 3.97. The third kappa shape index (κ3) is 9.33. The van der Waals surface area contributed by atoms with Gasteiger partial charge in [-0.05, 0) is 59.9 Å². The largest absolute Gasteiger partial charge is 0.460 e. The monoisotopic (exact) mass is 476 g/mol. The number of carbonyl (C=O) groups excluding carboxylic acids is 3. The molecule has 8 heteroatoms. The van der Waals surface area contributed by atoms with Crippen LogP contribution in [0, 0.1) is 5.92 Å². The van der Waals surface area contributed by atoms with Gasteiger partial charge in [-0.1, -0.05) is 30.3 Å². The molecule has 0 aromatic heterocycles. The van der Waals surface area contributed by atoms with Crippen molar-refractivity contribution in [2.24, 2.45) is 5.92 Å². The van der Waals surface area contributed by atoms with Crippen molar-refractivity contribution in [1.29, 1.82) is 0 Å². The van der Waals surface area contributed by atoms with E-state index in [0.717, 1.165) is 5.56 Å². The van der Waals surface area contributed by atoms with E-state index in [9.17, 15) is 14.4 Å². The Bertz CT molecular complexity index is 828. The average molecular weight is 477 g/mol. The van der Waals surface area contributed by atoms with Gasteiger partial charge in [0.25, 0.3) is 0 Å². The average Bonchev–Trinajstić information content (AvgIpc) is 2.70. The van der Waals surface area contributed by atoms with Gasteiger partial charge in [-0.2, -0.15) is 0 Å². The number of nitrogens with zero attached hydrogens (tertiary/aromatic N) is 1. The van der Waals surface area contributed by atoms with Crippen LogP contribution in [0.25, 0.3) is 0 Å². The summed E-state index contributed by atoms with van der Waals surface area (Å²) < 4.78 is 16.4. The topological polar surface area (TPSA) is 94.2 Å². The molecule has 0 spiro atoms. The number of hydrogen-bond donors (Lipinski definition) is 1. The number of rotatable bonds is 7. The van der Waals surface area contributed by atoms with E-state index in [1.54, 1.807) is 53.5 Å². The highest BCUT2D eigenvalue weighted by Gasteiger charge is 2.37. The zero-order chi connectivity index (χ0) is 25.5. The van der Waals surface area contributed by atoms with Crippen LogP contribution in [-0.4, -0.2) is 66.4 Å². The van der Waals surface area contributed by atoms with Crippen molar-refractivity contribution in [3.63, 3.8) is 0 Å². The lowest BCUT2D eigenvalue weighted by Gasteiger charge is -2.39. The molecular weight excluding hydrogens is 436 g/mol. The SMILES string of the molecule is CN(C(=O)[C@@H](CC(=O)OC(C)(C)C)Cc1ccccc1)C1CCOCC1NC(=O)OC(C)(C)C. The molecule has 1 N–H and O–H groups in total. The lowest BCUT2D eigenvalue weighted by Crippen LogP contribution is -2.58. The van der Waals surface area contributed by atoms with Crippen molar-refractivity contribution < 1.29 is 28.6 Å². The molecule has 1 heterocycles. The fraction of sp³-hybridized carbons (Fsp3) is 0.654. The second-order valence-corrected chi connectivity index (χ2v) is 10.8. The maximum absolute atomic E-state index is 13.6. The lowest BCUT2D eigenvalue weighted by atomic mass is 9.92. The Labute approximate surface area is 203 Å². The van der Waals surface area contributed by atoms with Crippen LogP contribution in [-0.2, 0) is 30.2 Å². The Kier molecular flexibility index (Phi) is 9.50. The molecule has 1 fully saturated rings. The highest BCUT2D eigenvalue weighted by molar-refractivity contribution is 5.84. The number of benzene rings is 1. The summed E-state index contributed by atoms with van der Waals surface area (Å²) in [6.45, 7) is 11.5. The van der Waals surface area contributed by atoms with Gasteiger partial charge in [0.1, 0.15) is 11.2 Å².